The lowest BCUT2D eigenvalue weighted by molar-refractivity contribution is 0.126. The number of anilines is 1. The number of para-hydroxylation sites is 1. The maximum absolute atomic E-state index is 5.46. The molecule has 0 atom stereocenters. The molecule has 0 saturated heterocycles. The van der Waals surface area contributed by atoms with Gasteiger partial charge in [-0.1, -0.05) is 18.2 Å². The Morgan fingerprint density at radius 2 is 2.25 bits per heavy atom. The molecule has 0 unspecified atom stereocenters. The molecule has 0 amide bonds. The summed E-state index contributed by atoms with van der Waals surface area (Å²) in [6.45, 7) is 3.75. The smallest absolute Gasteiger partial charge is 0.0720 e. The van der Waals surface area contributed by atoms with Crippen molar-refractivity contribution in [3.8, 4) is 0 Å². The van der Waals surface area contributed by atoms with Crippen molar-refractivity contribution in [3.05, 3.63) is 29.8 Å². The van der Waals surface area contributed by atoms with Gasteiger partial charge in [0.25, 0.3) is 0 Å². The number of benzene rings is 1. The van der Waals surface area contributed by atoms with Gasteiger partial charge in [0.15, 0.2) is 0 Å². The molecule has 1 aromatic carbocycles. The third-order valence-corrected chi connectivity index (χ3v) is 2.13. The molecule has 2 heteroatoms. The van der Waals surface area contributed by atoms with Crippen LogP contribution in [0.15, 0.2) is 24.3 Å². The third kappa shape index (κ3) is 1.18. The Hall–Kier alpha value is -1.02. The summed E-state index contributed by atoms with van der Waals surface area (Å²) in [5.41, 5.74) is 2.63. The lowest BCUT2D eigenvalue weighted by atomic mass is 10.2. The lowest BCUT2D eigenvalue weighted by Crippen LogP contribution is -2.20. The van der Waals surface area contributed by atoms with Crippen LogP contribution in [-0.4, -0.2) is 13.2 Å². The SMILES string of the molecule is CCON1CCc2ccccc21. The summed E-state index contributed by atoms with van der Waals surface area (Å²) in [6.07, 6.45) is 1.11. The van der Waals surface area contributed by atoms with Crippen molar-refractivity contribution in [2.24, 2.45) is 0 Å². The number of hydroxylamine groups is 1. The number of nitrogens with zero attached hydrogens (tertiary/aromatic N) is 1. The predicted octanol–water partition coefficient (Wildman–Crippen LogP) is 2.00. The van der Waals surface area contributed by atoms with Gasteiger partial charge < -0.3 is 0 Å². The fraction of sp³-hybridized carbons (Fsp3) is 0.400. The van der Waals surface area contributed by atoms with Gasteiger partial charge in [-0.25, -0.2) is 0 Å². The minimum Gasteiger partial charge on any atom is -0.274 e. The molecular formula is C10H13NO. The van der Waals surface area contributed by atoms with E-state index in [1.807, 2.05) is 12.0 Å². The lowest BCUT2D eigenvalue weighted by Gasteiger charge is -2.16. The van der Waals surface area contributed by atoms with E-state index in [-0.39, 0.29) is 0 Å². The fourth-order valence-electron chi connectivity index (χ4n) is 1.60. The largest absolute Gasteiger partial charge is 0.274 e. The second-order valence-electron chi connectivity index (χ2n) is 2.90. The van der Waals surface area contributed by atoms with Crippen LogP contribution in [0.2, 0.25) is 0 Å². The van der Waals surface area contributed by atoms with Crippen LogP contribution in [0.5, 0.6) is 0 Å². The molecule has 2 nitrogen and oxygen atoms in total. The first-order valence-corrected chi connectivity index (χ1v) is 4.40. The Morgan fingerprint density at radius 1 is 1.42 bits per heavy atom. The van der Waals surface area contributed by atoms with Crippen LogP contribution >= 0.6 is 0 Å². The molecule has 0 N–H and O–H groups in total. The van der Waals surface area contributed by atoms with Crippen molar-refractivity contribution in [1.29, 1.82) is 0 Å². The summed E-state index contributed by atoms with van der Waals surface area (Å²) in [5, 5.41) is 1.98. The van der Waals surface area contributed by atoms with Crippen LogP contribution < -0.4 is 5.06 Å². The van der Waals surface area contributed by atoms with E-state index >= 15 is 0 Å². The first-order chi connectivity index (χ1) is 5.92. The molecule has 64 valence electrons. The van der Waals surface area contributed by atoms with E-state index in [1.165, 1.54) is 11.3 Å². The van der Waals surface area contributed by atoms with Crippen LogP contribution in [0, 0.1) is 0 Å². The van der Waals surface area contributed by atoms with Gasteiger partial charge in [-0.15, -0.1) is 0 Å². The number of rotatable bonds is 2. The summed E-state index contributed by atoms with van der Waals surface area (Å²) >= 11 is 0. The fourth-order valence-corrected chi connectivity index (χ4v) is 1.60. The van der Waals surface area contributed by atoms with Gasteiger partial charge >= 0.3 is 0 Å². The molecule has 0 aromatic heterocycles. The standard InChI is InChI=1S/C10H13NO/c1-2-12-11-8-7-9-5-3-4-6-10(9)11/h3-6H,2,7-8H2,1H3. The maximum Gasteiger partial charge on any atom is 0.0720 e. The highest BCUT2D eigenvalue weighted by atomic mass is 16.7. The molecule has 0 bridgehead atoms. The number of hydrogen-bond acceptors (Lipinski definition) is 2. The van der Waals surface area contributed by atoms with Crippen LogP contribution in [0.1, 0.15) is 12.5 Å². The Morgan fingerprint density at radius 3 is 3.08 bits per heavy atom. The van der Waals surface area contributed by atoms with E-state index in [9.17, 15) is 0 Å². The summed E-state index contributed by atoms with van der Waals surface area (Å²) in [7, 11) is 0. The molecule has 1 aliphatic heterocycles. The van der Waals surface area contributed by atoms with Gasteiger partial charge in [-0.2, -0.15) is 0 Å². The topological polar surface area (TPSA) is 12.5 Å². The molecule has 0 spiro atoms. The number of hydrogen-bond donors (Lipinski definition) is 0. The quantitative estimate of drug-likeness (QED) is 0.661. The van der Waals surface area contributed by atoms with Crippen LogP contribution in [-0.2, 0) is 11.3 Å². The second-order valence-corrected chi connectivity index (χ2v) is 2.90. The minimum atomic E-state index is 0.744. The molecule has 0 saturated carbocycles. The Kier molecular flexibility index (Phi) is 2.00. The van der Waals surface area contributed by atoms with Gasteiger partial charge in [0.1, 0.15) is 0 Å². The molecule has 1 aromatic rings. The van der Waals surface area contributed by atoms with Crippen molar-refractivity contribution in [1.82, 2.24) is 0 Å². The van der Waals surface area contributed by atoms with Gasteiger partial charge in [-0.3, -0.25) is 9.90 Å². The van der Waals surface area contributed by atoms with Crippen LogP contribution in [0.25, 0.3) is 0 Å². The van der Waals surface area contributed by atoms with E-state index in [0.29, 0.717) is 0 Å². The van der Waals surface area contributed by atoms with Crippen molar-refractivity contribution in [2.45, 2.75) is 13.3 Å². The van der Waals surface area contributed by atoms with E-state index in [2.05, 4.69) is 24.3 Å². The average molecular weight is 163 g/mol. The second kappa shape index (κ2) is 3.15. The van der Waals surface area contributed by atoms with Crippen LogP contribution in [0.3, 0.4) is 0 Å². The summed E-state index contributed by atoms with van der Waals surface area (Å²) < 4.78 is 0. The average Bonchev–Trinajstić information content (AvgIpc) is 2.50. The predicted molar refractivity (Wildman–Crippen MR) is 49.1 cm³/mol. The van der Waals surface area contributed by atoms with Gasteiger partial charge in [0.05, 0.1) is 12.3 Å². The van der Waals surface area contributed by atoms with E-state index in [4.69, 9.17) is 4.84 Å². The van der Waals surface area contributed by atoms with Gasteiger partial charge in [0, 0.05) is 6.54 Å². The highest BCUT2D eigenvalue weighted by Crippen LogP contribution is 2.27. The molecule has 1 aliphatic rings. The highest BCUT2D eigenvalue weighted by molar-refractivity contribution is 5.55. The van der Waals surface area contributed by atoms with Crippen LogP contribution in [0.4, 0.5) is 5.69 Å². The zero-order valence-electron chi connectivity index (χ0n) is 7.29. The molecule has 1 heterocycles. The number of fused-ring (bicyclic) bond motifs is 1. The Bertz CT molecular complexity index is 270. The zero-order valence-corrected chi connectivity index (χ0v) is 7.29. The third-order valence-electron chi connectivity index (χ3n) is 2.13. The Labute approximate surface area is 72.7 Å². The van der Waals surface area contributed by atoms with Gasteiger partial charge in [-0.05, 0) is 25.0 Å². The monoisotopic (exact) mass is 163 g/mol. The highest BCUT2D eigenvalue weighted by Gasteiger charge is 2.17. The van der Waals surface area contributed by atoms with Crippen molar-refractivity contribution < 1.29 is 4.84 Å². The van der Waals surface area contributed by atoms with E-state index in [0.717, 1.165) is 19.6 Å². The molecule has 12 heavy (non-hydrogen) atoms. The summed E-state index contributed by atoms with van der Waals surface area (Å²) in [6, 6.07) is 8.40. The van der Waals surface area contributed by atoms with E-state index < -0.39 is 0 Å². The van der Waals surface area contributed by atoms with Crippen molar-refractivity contribution in [3.63, 3.8) is 0 Å². The van der Waals surface area contributed by atoms with E-state index in [1.54, 1.807) is 0 Å². The molecule has 0 aliphatic carbocycles. The summed E-state index contributed by atoms with van der Waals surface area (Å²) in [5.74, 6) is 0. The minimum absolute atomic E-state index is 0.744. The zero-order chi connectivity index (χ0) is 8.39. The van der Waals surface area contributed by atoms with Crippen molar-refractivity contribution >= 4 is 5.69 Å². The normalized spacial score (nSPS) is 14.9. The maximum atomic E-state index is 5.46. The summed E-state index contributed by atoms with van der Waals surface area (Å²) in [4.78, 5) is 5.46. The molecule has 0 radical (unpaired) electrons. The van der Waals surface area contributed by atoms with Gasteiger partial charge in [0.2, 0.25) is 0 Å². The molecular weight excluding hydrogens is 150 g/mol. The Balaban J connectivity index is 2.24. The first kappa shape index (κ1) is 7.62. The molecule has 2 rings (SSSR count). The molecule has 0 fully saturated rings. The first-order valence-electron chi connectivity index (χ1n) is 4.40. The van der Waals surface area contributed by atoms with Crippen molar-refractivity contribution in [2.75, 3.05) is 18.2 Å².